The Kier molecular flexibility index (Phi) is 5.50. The lowest BCUT2D eigenvalue weighted by atomic mass is 9.67. The molecule has 2 nitrogen and oxygen atoms in total. The van der Waals surface area contributed by atoms with E-state index in [4.69, 9.17) is 4.74 Å². The Morgan fingerprint density at radius 1 is 1.29 bits per heavy atom. The van der Waals surface area contributed by atoms with Crippen molar-refractivity contribution in [3.05, 3.63) is 21.9 Å². The summed E-state index contributed by atoms with van der Waals surface area (Å²) in [5, 5.41) is 6.08. The molecule has 1 unspecified atom stereocenters. The molecule has 3 heteroatoms. The molecule has 1 saturated carbocycles. The smallest absolute Gasteiger partial charge is 0.0873 e. The first-order chi connectivity index (χ1) is 9.92. The van der Waals surface area contributed by atoms with Gasteiger partial charge in [-0.05, 0) is 68.0 Å². The summed E-state index contributed by atoms with van der Waals surface area (Å²) in [7, 11) is 1.90. The van der Waals surface area contributed by atoms with Crippen LogP contribution in [0.5, 0.6) is 0 Å². The highest BCUT2D eigenvalue weighted by molar-refractivity contribution is 7.10. The van der Waals surface area contributed by atoms with Crippen molar-refractivity contribution in [1.29, 1.82) is 0 Å². The van der Waals surface area contributed by atoms with E-state index in [1.807, 2.05) is 18.4 Å². The number of thiophene rings is 1. The van der Waals surface area contributed by atoms with Gasteiger partial charge in [-0.1, -0.05) is 20.8 Å². The molecule has 1 fully saturated rings. The van der Waals surface area contributed by atoms with E-state index in [9.17, 15) is 0 Å². The second kappa shape index (κ2) is 6.80. The minimum atomic E-state index is -0.0434. The summed E-state index contributed by atoms with van der Waals surface area (Å²) in [5.74, 6) is 0. The van der Waals surface area contributed by atoms with Crippen molar-refractivity contribution in [1.82, 2.24) is 5.32 Å². The van der Waals surface area contributed by atoms with Gasteiger partial charge in [-0.25, -0.2) is 0 Å². The van der Waals surface area contributed by atoms with Crippen molar-refractivity contribution in [2.45, 2.75) is 71.4 Å². The van der Waals surface area contributed by atoms with Crippen molar-refractivity contribution in [2.75, 3.05) is 13.7 Å². The van der Waals surface area contributed by atoms with E-state index in [0.29, 0.717) is 11.5 Å². The lowest BCUT2D eigenvalue weighted by Crippen LogP contribution is -2.49. The van der Waals surface area contributed by atoms with Gasteiger partial charge in [-0.15, -0.1) is 11.3 Å². The monoisotopic (exact) mass is 309 g/mol. The fourth-order valence-corrected chi connectivity index (χ4v) is 4.20. The third kappa shape index (κ3) is 3.88. The topological polar surface area (TPSA) is 21.3 Å². The van der Waals surface area contributed by atoms with Crippen molar-refractivity contribution in [3.63, 3.8) is 0 Å². The molecule has 1 aliphatic carbocycles. The molecule has 1 heterocycles. The quantitative estimate of drug-likeness (QED) is 0.791. The van der Waals surface area contributed by atoms with Crippen LogP contribution < -0.4 is 5.32 Å². The third-order valence-corrected chi connectivity index (χ3v) is 5.94. The number of hydrogen-bond acceptors (Lipinski definition) is 3. The van der Waals surface area contributed by atoms with E-state index in [-0.39, 0.29) is 5.60 Å². The predicted molar refractivity (Wildman–Crippen MR) is 92.1 cm³/mol. The fraction of sp³-hybridized carbons (Fsp3) is 0.778. The average molecular weight is 310 g/mol. The SMILES string of the molecule is CCCNC(c1csc(C)c1)C1(OC)CCC(C)(C)CC1. The van der Waals surface area contributed by atoms with E-state index in [0.717, 1.165) is 25.8 Å². The van der Waals surface area contributed by atoms with Gasteiger partial charge in [0.15, 0.2) is 0 Å². The van der Waals surface area contributed by atoms with E-state index in [1.165, 1.54) is 23.3 Å². The molecule has 0 bridgehead atoms. The molecule has 1 N–H and O–H groups in total. The lowest BCUT2D eigenvalue weighted by Gasteiger charge is -2.47. The highest BCUT2D eigenvalue weighted by atomic mass is 32.1. The Bertz CT molecular complexity index is 442. The summed E-state index contributed by atoms with van der Waals surface area (Å²) < 4.78 is 6.14. The summed E-state index contributed by atoms with van der Waals surface area (Å²) in [4.78, 5) is 1.38. The van der Waals surface area contributed by atoms with Crippen molar-refractivity contribution >= 4 is 11.3 Å². The Hall–Kier alpha value is -0.380. The van der Waals surface area contributed by atoms with Gasteiger partial charge in [0.1, 0.15) is 0 Å². The fourth-order valence-electron chi connectivity index (χ4n) is 3.47. The van der Waals surface area contributed by atoms with Crippen LogP contribution in [0.15, 0.2) is 11.4 Å². The molecule has 1 atom stereocenters. The molecule has 1 aromatic heterocycles. The molecule has 21 heavy (non-hydrogen) atoms. The summed E-state index contributed by atoms with van der Waals surface area (Å²) in [5.41, 5.74) is 1.83. The van der Waals surface area contributed by atoms with E-state index < -0.39 is 0 Å². The number of aryl methyl sites for hydroxylation is 1. The maximum absolute atomic E-state index is 6.14. The minimum absolute atomic E-state index is 0.0434. The zero-order chi connectivity index (χ0) is 15.5. The van der Waals surface area contributed by atoms with Gasteiger partial charge in [0.2, 0.25) is 0 Å². The summed E-state index contributed by atoms with van der Waals surface area (Å²) in [6, 6.07) is 2.65. The molecule has 0 aromatic carbocycles. The summed E-state index contributed by atoms with van der Waals surface area (Å²) in [6.07, 6.45) is 5.94. The molecular weight excluding hydrogens is 278 g/mol. The van der Waals surface area contributed by atoms with Gasteiger partial charge in [0.25, 0.3) is 0 Å². The first-order valence-electron chi connectivity index (χ1n) is 8.26. The minimum Gasteiger partial charge on any atom is -0.376 e. The van der Waals surface area contributed by atoms with E-state index >= 15 is 0 Å². The maximum atomic E-state index is 6.14. The standard InChI is InChI=1S/C18H31NOS/c1-6-11-19-16(15-12-14(2)21-13-15)18(20-5)9-7-17(3,4)8-10-18/h12-13,16,19H,6-11H2,1-5H3. The van der Waals surface area contributed by atoms with E-state index in [2.05, 4.69) is 44.5 Å². The van der Waals surface area contributed by atoms with Gasteiger partial charge >= 0.3 is 0 Å². The molecule has 1 aromatic rings. The zero-order valence-electron chi connectivity index (χ0n) is 14.3. The summed E-state index contributed by atoms with van der Waals surface area (Å²) in [6.45, 7) is 10.2. The van der Waals surface area contributed by atoms with Crippen molar-refractivity contribution in [3.8, 4) is 0 Å². The van der Waals surface area contributed by atoms with Crippen LogP contribution in [-0.2, 0) is 4.74 Å². The van der Waals surface area contributed by atoms with Crippen LogP contribution in [0, 0.1) is 12.3 Å². The molecule has 0 amide bonds. The lowest BCUT2D eigenvalue weighted by molar-refractivity contribution is -0.0875. The molecule has 0 radical (unpaired) electrons. The molecular formula is C18H31NOS. The molecule has 120 valence electrons. The first kappa shape index (κ1) is 17.0. The van der Waals surface area contributed by atoms with Gasteiger partial charge in [-0.3, -0.25) is 0 Å². The zero-order valence-corrected chi connectivity index (χ0v) is 15.1. The van der Waals surface area contributed by atoms with E-state index in [1.54, 1.807) is 0 Å². The predicted octanol–water partition coefficient (Wildman–Crippen LogP) is 5.08. The Balaban J connectivity index is 2.25. The number of ether oxygens (including phenoxy) is 1. The van der Waals surface area contributed by atoms with Crippen LogP contribution in [0.2, 0.25) is 0 Å². The van der Waals surface area contributed by atoms with Crippen LogP contribution in [0.3, 0.4) is 0 Å². The first-order valence-corrected chi connectivity index (χ1v) is 9.14. The number of nitrogens with one attached hydrogen (secondary N) is 1. The average Bonchev–Trinajstić information content (AvgIpc) is 2.87. The number of hydrogen-bond donors (Lipinski definition) is 1. The van der Waals surface area contributed by atoms with Gasteiger partial charge in [-0.2, -0.15) is 0 Å². The van der Waals surface area contributed by atoms with Gasteiger partial charge in [0.05, 0.1) is 11.6 Å². The third-order valence-electron chi connectivity index (χ3n) is 5.07. The Labute approximate surface area is 134 Å². The highest BCUT2D eigenvalue weighted by Gasteiger charge is 2.44. The second-order valence-corrected chi connectivity index (χ2v) is 8.43. The highest BCUT2D eigenvalue weighted by Crippen LogP contribution is 2.47. The van der Waals surface area contributed by atoms with Gasteiger partial charge < -0.3 is 10.1 Å². The number of methoxy groups -OCH3 is 1. The van der Waals surface area contributed by atoms with Crippen LogP contribution in [0.1, 0.15) is 69.4 Å². The van der Waals surface area contributed by atoms with Crippen molar-refractivity contribution < 1.29 is 4.74 Å². The van der Waals surface area contributed by atoms with Gasteiger partial charge in [0, 0.05) is 12.0 Å². The van der Waals surface area contributed by atoms with Crippen LogP contribution in [-0.4, -0.2) is 19.3 Å². The van der Waals surface area contributed by atoms with Crippen LogP contribution >= 0.6 is 11.3 Å². The maximum Gasteiger partial charge on any atom is 0.0873 e. The van der Waals surface area contributed by atoms with Crippen LogP contribution in [0.4, 0.5) is 0 Å². The largest absolute Gasteiger partial charge is 0.376 e. The normalized spacial score (nSPS) is 22.1. The Morgan fingerprint density at radius 2 is 1.95 bits per heavy atom. The molecule has 0 aliphatic heterocycles. The second-order valence-electron chi connectivity index (χ2n) is 7.31. The Morgan fingerprint density at radius 3 is 2.43 bits per heavy atom. The molecule has 1 aliphatic rings. The molecule has 0 spiro atoms. The van der Waals surface area contributed by atoms with Crippen molar-refractivity contribution in [2.24, 2.45) is 5.41 Å². The molecule has 0 saturated heterocycles. The molecule has 2 rings (SSSR count). The summed E-state index contributed by atoms with van der Waals surface area (Å²) >= 11 is 1.84. The van der Waals surface area contributed by atoms with Crippen LogP contribution in [0.25, 0.3) is 0 Å². The number of rotatable bonds is 6.